The highest BCUT2D eigenvalue weighted by atomic mass is 16.4. The molecule has 0 saturated carbocycles. The molecule has 0 aliphatic carbocycles. The summed E-state index contributed by atoms with van der Waals surface area (Å²) in [5.74, 6) is -0.00203. The first-order valence-corrected chi connectivity index (χ1v) is 10.8. The number of rotatable bonds is 11. The number of hydrogen-bond donors (Lipinski definition) is 1. The Morgan fingerprint density at radius 1 is 1.03 bits per heavy atom. The molecule has 3 aromatic rings. The number of unbranched alkanes of at least 4 members (excludes halogenated alkanes) is 2. The molecule has 2 heterocycles. The average molecular weight is 421 g/mol. The molecule has 0 atom stereocenters. The second-order valence-electron chi connectivity index (χ2n) is 7.52. The smallest absolute Gasteiger partial charge is 0.336 e. The van der Waals surface area contributed by atoms with Gasteiger partial charge in [-0.15, -0.1) is 5.10 Å². The van der Waals surface area contributed by atoms with E-state index in [1.165, 1.54) is 0 Å². The van der Waals surface area contributed by atoms with Crippen LogP contribution in [0.3, 0.4) is 0 Å². The van der Waals surface area contributed by atoms with Crippen molar-refractivity contribution in [2.45, 2.75) is 58.9 Å². The Morgan fingerprint density at radius 3 is 2.52 bits per heavy atom. The molecule has 1 aromatic carbocycles. The molecule has 1 N–H and O–H groups in total. The molecule has 7 heteroatoms. The lowest BCUT2D eigenvalue weighted by Crippen LogP contribution is -2.08. The van der Waals surface area contributed by atoms with Crippen LogP contribution in [-0.2, 0) is 13.0 Å². The summed E-state index contributed by atoms with van der Waals surface area (Å²) in [7, 11) is 0. The highest BCUT2D eigenvalue weighted by Gasteiger charge is 2.17. The van der Waals surface area contributed by atoms with E-state index in [9.17, 15) is 14.7 Å². The molecule has 2 aromatic heterocycles. The van der Waals surface area contributed by atoms with E-state index in [0.717, 1.165) is 49.3 Å². The van der Waals surface area contributed by atoms with Crippen molar-refractivity contribution in [3.05, 3.63) is 65.5 Å². The Hall–Kier alpha value is -3.35. The summed E-state index contributed by atoms with van der Waals surface area (Å²) < 4.78 is 1.83. The standard InChI is InChI=1S/C24H28N4O3/c1-3-5-8-14-28-22(26-23(27-28)21(29)9-4-2)15-18-13-12-17(16-25-18)19-10-6-7-11-20(19)24(30)31/h6-7,10-13,16H,3-5,8-9,14-15H2,1-2H3,(H,30,31). The third kappa shape index (κ3) is 5.63. The topological polar surface area (TPSA) is 98.0 Å². The van der Waals surface area contributed by atoms with Gasteiger partial charge in [-0.3, -0.25) is 9.78 Å². The van der Waals surface area contributed by atoms with Crippen LogP contribution >= 0.6 is 0 Å². The molecular formula is C24H28N4O3. The van der Waals surface area contributed by atoms with Crippen LogP contribution in [0.1, 0.15) is 78.4 Å². The number of hydrogen-bond acceptors (Lipinski definition) is 5. The highest BCUT2D eigenvalue weighted by Crippen LogP contribution is 2.23. The predicted octanol–water partition coefficient (Wildman–Crippen LogP) is 4.80. The lowest BCUT2D eigenvalue weighted by atomic mass is 10.0. The minimum atomic E-state index is -0.968. The van der Waals surface area contributed by atoms with Gasteiger partial charge in [-0.25, -0.2) is 14.5 Å². The van der Waals surface area contributed by atoms with Crippen molar-refractivity contribution in [3.8, 4) is 11.1 Å². The number of ketones is 1. The quantitative estimate of drug-likeness (QED) is 0.353. The molecule has 0 saturated heterocycles. The number of aromatic nitrogens is 4. The summed E-state index contributed by atoms with van der Waals surface area (Å²) in [5.41, 5.74) is 2.40. The average Bonchev–Trinajstić information content (AvgIpc) is 3.17. The largest absolute Gasteiger partial charge is 0.478 e. The van der Waals surface area contributed by atoms with Gasteiger partial charge in [-0.05, 0) is 30.5 Å². The number of carbonyl (C=O) groups excluding carboxylic acids is 1. The van der Waals surface area contributed by atoms with E-state index in [2.05, 4.69) is 22.0 Å². The van der Waals surface area contributed by atoms with Crippen LogP contribution in [-0.4, -0.2) is 36.6 Å². The Kier molecular flexibility index (Phi) is 7.65. The van der Waals surface area contributed by atoms with Gasteiger partial charge in [0.05, 0.1) is 5.56 Å². The van der Waals surface area contributed by atoms with Gasteiger partial charge in [0.25, 0.3) is 0 Å². The van der Waals surface area contributed by atoms with E-state index < -0.39 is 5.97 Å². The Balaban J connectivity index is 1.83. The molecule has 7 nitrogen and oxygen atoms in total. The van der Waals surface area contributed by atoms with Crippen molar-refractivity contribution in [2.75, 3.05) is 0 Å². The first-order chi connectivity index (χ1) is 15.0. The van der Waals surface area contributed by atoms with E-state index >= 15 is 0 Å². The first-order valence-electron chi connectivity index (χ1n) is 10.8. The molecule has 0 bridgehead atoms. The summed E-state index contributed by atoms with van der Waals surface area (Å²) in [6, 6.07) is 10.6. The molecule has 0 amide bonds. The maximum Gasteiger partial charge on any atom is 0.336 e. The molecule has 31 heavy (non-hydrogen) atoms. The third-order valence-electron chi connectivity index (χ3n) is 5.08. The maximum atomic E-state index is 12.3. The minimum absolute atomic E-state index is 0.0356. The summed E-state index contributed by atoms with van der Waals surface area (Å²) in [5, 5.41) is 13.9. The molecule has 0 aliphatic rings. The van der Waals surface area contributed by atoms with E-state index in [1.54, 1.807) is 24.4 Å². The number of benzene rings is 1. The van der Waals surface area contributed by atoms with Gasteiger partial charge in [-0.1, -0.05) is 51.0 Å². The van der Waals surface area contributed by atoms with E-state index in [-0.39, 0.29) is 17.2 Å². The van der Waals surface area contributed by atoms with Gasteiger partial charge >= 0.3 is 5.97 Å². The van der Waals surface area contributed by atoms with E-state index in [1.807, 2.05) is 29.8 Å². The zero-order valence-electron chi connectivity index (χ0n) is 18.0. The maximum absolute atomic E-state index is 12.3. The monoisotopic (exact) mass is 420 g/mol. The Bertz CT molecular complexity index is 1040. The van der Waals surface area contributed by atoms with Gasteiger partial charge in [0.1, 0.15) is 5.82 Å². The van der Waals surface area contributed by atoms with Crippen molar-refractivity contribution < 1.29 is 14.7 Å². The Labute approximate surface area is 182 Å². The van der Waals surface area contributed by atoms with Crippen LogP contribution in [0.2, 0.25) is 0 Å². The zero-order chi connectivity index (χ0) is 22.2. The number of Topliss-reactive ketones (excluding diaryl/α,β-unsaturated/α-hetero) is 1. The van der Waals surface area contributed by atoms with Gasteiger partial charge < -0.3 is 5.11 Å². The first kappa shape index (κ1) is 22.3. The Morgan fingerprint density at radius 2 is 1.84 bits per heavy atom. The van der Waals surface area contributed by atoms with Crippen LogP contribution in [0, 0.1) is 0 Å². The molecule has 0 fully saturated rings. The highest BCUT2D eigenvalue weighted by molar-refractivity contribution is 5.95. The lowest BCUT2D eigenvalue weighted by molar-refractivity contribution is 0.0697. The van der Waals surface area contributed by atoms with Crippen LogP contribution in [0.15, 0.2) is 42.6 Å². The number of carbonyl (C=O) groups is 2. The fraction of sp³-hybridized carbons (Fsp3) is 0.375. The van der Waals surface area contributed by atoms with Crippen LogP contribution in [0.4, 0.5) is 0 Å². The van der Waals surface area contributed by atoms with Gasteiger partial charge in [-0.2, -0.15) is 0 Å². The van der Waals surface area contributed by atoms with Gasteiger partial charge in [0, 0.05) is 36.8 Å². The normalized spacial score (nSPS) is 10.9. The summed E-state index contributed by atoms with van der Waals surface area (Å²) in [6.07, 6.45) is 6.51. The minimum Gasteiger partial charge on any atom is -0.478 e. The van der Waals surface area contributed by atoms with E-state index in [4.69, 9.17) is 0 Å². The fourth-order valence-corrected chi connectivity index (χ4v) is 3.42. The molecular weight excluding hydrogens is 392 g/mol. The van der Waals surface area contributed by atoms with Crippen LogP contribution in [0.25, 0.3) is 11.1 Å². The number of aromatic carboxylic acids is 1. The summed E-state index contributed by atoms with van der Waals surface area (Å²) in [6.45, 7) is 4.83. The SMILES string of the molecule is CCCCCn1nc(C(=O)CCC)nc1Cc1ccc(-c2ccccc2C(=O)O)cn1. The van der Waals surface area contributed by atoms with Crippen LogP contribution in [0.5, 0.6) is 0 Å². The zero-order valence-corrected chi connectivity index (χ0v) is 18.0. The molecule has 0 spiro atoms. The molecule has 0 aliphatic heterocycles. The second kappa shape index (κ2) is 10.6. The van der Waals surface area contributed by atoms with Gasteiger partial charge in [0.15, 0.2) is 0 Å². The van der Waals surface area contributed by atoms with Crippen molar-refractivity contribution >= 4 is 11.8 Å². The fourth-order valence-electron chi connectivity index (χ4n) is 3.42. The number of carboxylic acid groups (broad SMARTS) is 1. The van der Waals surface area contributed by atoms with Crippen molar-refractivity contribution in [2.24, 2.45) is 0 Å². The summed E-state index contributed by atoms with van der Waals surface area (Å²) in [4.78, 5) is 32.8. The lowest BCUT2D eigenvalue weighted by Gasteiger charge is -2.08. The molecule has 3 rings (SSSR count). The molecule has 0 radical (unpaired) electrons. The number of carboxylic acids is 1. The number of aryl methyl sites for hydroxylation is 1. The molecule has 0 unspecified atom stereocenters. The van der Waals surface area contributed by atoms with Gasteiger partial charge in [0.2, 0.25) is 11.6 Å². The number of pyridine rings is 1. The van der Waals surface area contributed by atoms with E-state index in [0.29, 0.717) is 18.4 Å². The predicted molar refractivity (Wildman–Crippen MR) is 118 cm³/mol. The third-order valence-corrected chi connectivity index (χ3v) is 5.08. The molecule has 162 valence electrons. The second-order valence-corrected chi connectivity index (χ2v) is 7.52. The van der Waals surface area contributed by atoms with Crippen molar-refractivity contribution in [1.29, 1.82) is 0 Å². The van der Waals surface area contributed by atoms with Crippen molar-refractivity contribution in [1.82, 2.24) is 19.7 Å². The van der Waals surface area contributed by atoms with Crippen LogP contribution < -0.4 is 0 Å². The number of nitrogens with zero attached hydrogens (tertiary/aromatic N) is 4. The summed E-state index contributed by atoms with van der Waals surface area (Å²) >= 11 is 0. The van der Waals surface area contributed by atoms with Crippen molar-refractivity contribution in [3.63, 3.8) is 0 Å².